The summed E-state index contributed by atoms with van der Waals surface area (Å²) in [5.74, 6) is -0.306. The molecule has 0 aliphatic heterocycles. The normalized spacial score (nSPS) is 12.8. The molecule has 7 heteroatoms. The number of hydrogen-bond donors (Lipinski definition) is 1. The maximum absolute atomic E-state index is 13.1. The summed E-state index contributed by atoms with van der Waals surface area (Å²) < 4.78 is 36.1. The number of halogens is 1. The second kappa shape index (κ2) is 4.72. The molecular formula is C12H15FN2O2S2. The van der Waals surface area contributed by atoms with Crippen molar-refractivity contribution in [3.05, 3.63) is 24.0 Å². The SMILES string of the molecule is CC(C)(CNc1nc2ccc(F)cc2s1)S(C)(=O)=O. The number of thiazole rings is 1. The maximum atomic E-state index is 13.1. The van der Waals surface area contributed by atoms with Crippen molar-refractivity contribution in [3.8, 4) is 0 Å². The van der Waals surface area contributed by atoms with Crippen molar-refractivity contribution in [2.24, 2.45) is 0 Å². The fourth-order valence-electron chi connectivity index (χ4n) is 1.39. The van der Waals surface area contributed by atoms with Gasteiger partial charge in [0, 0.05) is 12.8 Å². The van der Waals surface area contributed by atoms with Gasteiger partial charge in [-0.1, -0.05) is 11.3 Å². The molecule has 1 heterocycles. The van der Waals surface area contributed by atoms with Crippen molar-refractivity contribution >= 4 is 36.5 Å². The minimum absolute atomic E-state index is 0.258. The van der Waals surface area contributed by atoms with Crippen LogP contribution in [-0.2, 0) is 9.84 Å². The van der Waals surface area contributed by atoms with Crippen LogP contribution >= 0.6 is 11.3 Å². The molecular weight excluding hydrogens is 287 g/mol. The lowest BCUT2D eigenvalue weighted by Gasteiger charge is -2.22. The fraction of sp³-hybridized carbons (Fsp3) is 0.417. The van der Waals surface area contributed by atoms with Crippen LogP contribution in [0.15, 0.2) is 18.2 Å². The van der Waals surface area contributed by atoms with Crippen molar-refractivity contribution in [2.45, 2.75) is 18.6 Å². The summed E-state index contributed by atoms with van der Waals surface area (Å²) in [5, 5.41) is 3.60. The summed E-state index contributed by atoms with van der Waals surface area (Å²) in [6.45, 7) is 3.57. The van der Waals surface area contributed by atoms with Gasteiger partial charge in [0.25, 0.3) is 0 Å². The van der Waals surface area contributed by atoms with Gasteiger partial charge in [0.2, 0.25) is 0 Å². The molecule has 0 aliphatic rings. The summed E-state index contributed by atoms with van der Waals surface area (Å²) in [5.41, 5.74) is 0.700. The molecule has 0 unspecified atom stereocenters. The zero-order valence-electron chi connectivity index (χ0n) is 10.9. The van der Waals surface area contributed by atoms with Gasteiger partial charge in [0.15, 0.2) is 15.0 Å². The summed E-state index contributed by atoms with van der Waals surface area (Å²) in [7, 11) is -3.15. The minimum atomic E-state index is -3.15. The number of hydrogen-bond acceptors (Lipinski definition) is 5. The van der Waals surface area contributed by atoms with Crippen molar-refractivity contribution in [3.63, 3.8) is 0 Å². The van der Waals surface area contributed by atoms with Gasteiger partial charge in [-0.25, -0.2) is 17.8 Å². The number of fused-ring (bicyclic) bond motifs is 1. The van der Waals surface area contributed by atoms with E-state index in [9.17, 15) is 12.8 Å². The highest BCUT2D eigenvalue weighted by atomic mass is 32.2. The molecule has 0 bridgehead atoms. The summed E-state index contributed by atoms with van der Waals surface area (Å²) in [4.78, 5) is 4.28. The minimum Gasteiger partial charge on any atom is -0.360 e. The largest absolute Gasteiger partial charge is 0.360 e. The van der Waals surface area contributed by atoms with Crippen LogP contribution in [-0.4, -0.2) is 30.9 Å². The predicted molar refractivity (Wildman–Crippen MR) is 77.0 cm³/mol. The third-order valence-electron chi connectivity index (χ3n) is 3.02. The molecule has 0 saturated carbocycles. The molecule has 1 N–H and O–H groups in total. The second-order valence-corrected chi connectivity index (χ2v) is 8.70. The van der Waals surface area contributed by atoms with E-state index in [4.69, 9.17) is 0 Å². The molecule has 0 fully saturated rings. The number of nitrogens with zero attached hydrogens (tertiary/aromatic N) is 1. The first-order valence-corrected chi connectivity index (χ1v) is 8.39. The van der Waals surface area contributed by atoms with Crippen LogP contribution in [0.1, 0.15) is 13.8 Å². The molecule has 4 nitrogen and oxygen atoms in total. The van der Waals surface area contributed by atoms with Crippen LogP contribution in [0.4, 0.5) is 9.52 Å². The molecule has 0 atom stereocenters. The molecule has 1 aromatic carbocycles. The number of benzene rings is 1. The topological polar surface area (TPSA) is 59.1 Å². The van der Waals surface area contributed by atoms with E-state index in [1.165, 1.54) is 29.7 Å². The number of sulfone groups is 1. The summed E-state index contributed by atoms with van der Waals surface area (Å²) >= 11 is 1.31. The third-order valence-corrected chi connectivity index (χ3v) is 6.15. The van der Waals surface area contributed by atoms with E-state index >= 15 is 0 Å². The second-order valence-electron chi connectivity index (χ2n) is 5.02. The van der Waals surface area contributed by atoms with Crippen LogP contribution in [0.25, 0.3) is 10.2 Å². The van der Waals surface area contributed by atoms with E-state index in [0.717, 1.165) is 4.70 Å². The van der Waals surface area contributed by atoms with Crippen LogP contribution in [0.2, 0.25) is 0 Å². The standard InChI is InChI=1S/C12H15FN2O2S2/c1-12(2,19(3,16)17)7-14-11-15-9-5-4-8(13)6-10(9)18-11/h4-6H,7H2,1-3H3,(H,14,15). The Morgan fingerprint density at radius 1 is 1.42 bits per heavy atom. The average Bonchev–Trinajstić information content (AvgIpc) is 2.67. The molecule has 0 saturated heterocycles. The molecule has 0 spiro atoms. The highest BCUT2D eigenvalue weighted by Gasteiger charge is 2.30. The zero-order valence-corrected chi connectivity index (χ0v) is 12.5. The number of rotatable bonds is 4. The van der Waals surface area contributed by atoms with E-state index in [1.807, 2.05) is 0 Å². The molecule has 0 amide bonds. The molecule has 0 radical (unpaired) electrons. The summed E-state index contributed by atoms with van der Waals surface area (Å²) in [6.07, 6.45) is 1.21. The Hall–Kier alpha value is -1.21. The van der Waals surface area contributed by atoms with Gasteiger partial charge >= 0.3 is 0 Å². The lowest BCUT2D eigenvalue weighted by atomic mass is 10.2. The molecule has 19 heavy (non-hydrogen) atoms. The monoisotopic (exact) mass is 302 g/mol. The van der Waals surface area contributed by atoms with E-state index in [0.29, 0.717) is 10.6 Å². The Morgan fingerprint density at radius 3 is 2.74 bits per heavy atom. The Bertz CT molecular complexity index is 708. The van der Waals surface area contributed by atoms with E-state index < -0.39 is 14.6 Å². The average molecular weight is 302 g/mol. The van der Waals surface area contributed by atoms with Crippen LogP contribution < -0.4 is 5.32 Å². The lowest BCUT2D eigenvalue weighted by Crippen LogP contribution is -2.38. The zero-order chi connectivity index (χ0) is 14.3. The first kappa shape index (κ1) is 14.2. The van der Waals surface area contributed by atoms with Crippen LogP contribution in [0.3, 0.4) is 0 Å². The molecule has 1 aromatic heterocycles. The van der Waals surface area contributed by atoms with Gasteiger partial charge < -0.3 is 5.32 Å². The molecule has 104 valence electrons. The quantitative estimate of drug-likeness (QED) is 0.943. The number of anilines is 1. The third kappa shape index (κ3) is 3.03. The van der Waals surface area contributed by atoms with Crippen molar-refractivity contribution in [1.29, 1.82) is 0 Å². The highest BCUT2D eigenvalue weighted by Crippen LogP contribution is 2.27. The lowest BCUT2D eigenvalue weighted by molar-refractivity contribution is 0.560. The van der Waals surface area contributed by atoms with E-state index in [-0.39, 0.29) is 12.4 Å². The predicted octanol–water partition coefficient (Wildman–Crippen LogP) is 2.67. The van der Waals surface area contributed by atoms with Crippen molar-refractivity contribution in [1.82, 2.24) is 4.98 Å². The van der Waals surface area contributed by atoms with Gasteiger partial charge in [0.1, 0.15) is 5.82 Å². The maximum Gasteiger partial charge on any atom is 0.183 e. The Labute approximate surface area is 115 Å². The van der Waals surface area contributed by atoms with Crippen LogP contribution in [0.5, 0.6) is 0 Å². The van der Waals surface area contributed by atoms with Crippen LogP contribution in [0, 0.1) is 5.82 Å². The number of nitrogens with one attached hydrogen (secondary N) is 1. The first-order valence-electron chi connectivity index (χ1n) is 5.69. The first-order chi connectivity index (χ1) is 8.69. The van der Waals surface area contributed by atoms with Gasteiger partial charge in [-0.05, 0) is 32.0 Å². The Balaban J connectivity index is 2.19. The Morgan fingerprint density at radius 2 is 2.11 bits per heavy atom. The van der Waals surface area contributed by atoms with E-state index in [2.05, 4.69) is 10.3 Å². The van der Waals surface area contributed by atoms with Gasteiger partial charge in [0.05, 0.1) is 15.0 Å². The van der Waals surface area contributed by atoms with Crippen molar-refractivity contribution in [2.75, 3.05) is 18.1 Å². The molecule has 2 rings (SSSR count). The highest BCUT2D eigenvalue weighted by molar-refractivity contribution is 7.92. The molecule has 2 aromatic rings. The number of aromatic nitrogens is 1. The Kier molecular flexibility index (Phi) is 3.53. The molecule has 0 aliphatic carbocycles. The van der Waals surface area contributed by atoms with Gasteiger partial charge in [-0.2, -0.15) is 0 Å². The smallest absolute Gasteiger partial charge is 0.183 e. The van der Waals surface area contributed by atoms with Gasteiger partial charge in [-0.3, -0.25) is 0 Å². The van der Waals surface area contributed by atoms with E-state index in [1.54, 1.807) is 19.9 Å². The van der Waals surface area contributed by atoms with Crippen molar-refractivity contribution < 1.29 is 12.8 Å². The summed E-state index contributed by atoms with van der Waals surface area (Å²) in [6, 6.07) is 4.38. The van der Waals surface area contributed by atoms with Gasteiger partial charge in [-0.15, -0.1) is 0 Å². The fourth-order valence-corrected chi connectivity index (χ4v) is 2.61.